The van der Waals surface area contributed by atoms with Gasteiger partial charge in [-0.3, -0.25) is 4.79 Å². The third-order valence-corrected chi connectivity index (χ3v) is 3.77. The highest BCUT2D eigenvalue weighted by molar-refractivity contribution is 6.30. The molecule has 4 nitrogen and oxygen atoms in total. The van der Waals surface area contributed by atoms with Gasteiger partial charge in [-0.1, -0.05) is 23.7 Å². The van der Waals surface area contributed by atoms with Crippen molar-refractivity contribution in [3.8, 4) is 5.75 Å². The molecular formula is C16H17ClN2O2. The van der Waals surface area contributed by atoms with Crippen molar-refractivity contribution in [2.24, 2.45) is 0 Å². The summed E-state index contributed by atoms with van der Waals surface area (Å²) in [6.07, 6.45) is 0. The lowest BCUT2D eigenvalue weighted by Crippen LogP contribution is -2.30. The number of rotatable bonds is 3. The SMILES string of the molecule is CC(c1ccc(Cl)cc1)N(C)C(=O)c1cc(O)ccc1N. The molecule has 3 N–H and O–H groups in total. The number of hydrogen-bond acceptors (Lipinski definition) is 3. The number of halogens is 1. The number of carbonyl (C=O) groups is 1. The van der Waals surface area contributed by atoms with Gasteiger partial charge in [0, 0.05) is 17.8 Å². The molecule has 0 saturated carbocycles. The van der Waals surface area contributed by atoms with E-state index in [0.29, 0.717) is 16.3 Å². The quantitative estimate of drug-likeness (QED) is 0.674. The van der Waals surface area contributed by atoms with Crippen molar-refractivity contribution in [1.82, 2.24) is 4.90 Å². The van der Waals surface area contributed by atoms with Crippen LogP contribution in [0.2, 0.25) is 5.02 Å². The largest absolute Gasteiger partial charge is 0.508 e. The first-order valence-electron chi connectivity index (χ1n) is 6.51. The van der Waals surface area contributed by atoms with Crippen LogP contribution < -0.4 is 5.73 Å². The molecule has 0 saturated heterocycles. The Bertz CT molecular complexity index is 656. The number of benzene rings is 2. The summed E-state index contributed by atoms with van der Waals surface area (Å²) in [6.45, 7) is 1.92. The fourth-order valence-electron chi connectivity index (χ4n) is 2.06. The maximum absolute atomic E-state index is 12.5. The minimum Gasteiger partial charge on any atom is -0.508 e. The van der Waals surface area contributed by atoms with Crippen molar-refractivity contribution >= 4 is 23.2 Å². The zero-order valence-electron chi connectivity index (χ0n) is 11.9. The molecule has 21 heavy (non-hydrogen) atoms. The molecule has 2 rings (SSSR count). The molecule has 0 aliphatic carbocycles. The Morgan fingerprint density at radius 3 is 2.48 bits per heavy atom. The maximum Gasteiger partial charge on any atom is 0.256 e. The van der Waals surface area contributed by atoms with Crippen molar-refractivity contribution in [2.45, 2.75) is 13.0 Å². The number of phenolic OH excluding ortho intramolecular Hbond substituents is 1. The molecule has 0 spiro atoms. The zero-order chi connectivity index (χ0) is 15.6. The van der Waals surface area contributed by atoms with E-state index in [2.05, 4.69) is 0 Å². The second kappa shape index (κ2) is 6.06. The molecule has 0 aliphatic rings. The lowest BCUT2D eigenvalue weighted by molar-refractivity contribution is 0.0743. The summed E-state index contributed by atoms with van der Waals surface area (Å²) in [6, 6.07) is 11.5. The van der Waals surface area contributed by atoms with Gasteiger partial charge in [0.2, 0.25) is 0 Å². The van der Waals surface area contributed by atoms with Gasteiger partial charge in [0.05, 0.1) is 11.6 Å². The van der Waals surface area contributed by atoms with Crippen LogP contribution >= 0.6 is 11.6 Å². The summed E-state index contributed by atoms with van der Waals surface area (Å²) >= 11 is 5.87. The van der Waals surface area contributed by atoms with E-state index in [1.54, 1.807) is 24.1 Å². The number of anilines is 1. The molecule has 0 radical (unpaired) electrons. The number of phenols is 1. The first kappa shape index (κ1) is 15.2. The number of nitrogens with zero attached hydrogens (tertiary/aromatic N) is 1. The van der Waals surface area contributed by atoms with Gasteiger partial charge in [-0.2, -0.15) is 0 Å². The van der Waals surface area contributed by atoms with E-state index in [1.165, 1.54) is 18.2 Å². The van der Waals surface area contributed by atoms with E-state index in [9.17, 15) is 9.90 Å². The van der Waals surface area contributed by atoms with Gasteiger partial charge in [-0.25, -0.2) is 0 Å². The van der Waals surface area contributed by atoms with E-state index < -0.39 is 0 Å². The number of carbonyl (C=O) groups excluding carboxylic acids is 1. The van der Waals surface area contributed by atoms with Gasteiger partial charge in [-0.05, 0) is 42.8 Å². The molecule has 110 valence electrons. The summed E-state index contributed by atoms with van der Waals surface area (Å²) in [5.41, 5.74) is 7.41. The molecule has 0 heterocycles. The highest BCUT2D eigenvalue weighted by Gasteiger charge is 2.21. The van der Waals surface area contributed by atoms with Crippen molar-refractivity contribution in [1.29, 1.82) is 0 Å². The second-order valence-corrected chi connectivity index (χ2v) is 5.35. The standard InChI is InChI=1S/C16H17ClN2O2/c1-10(11-3-5-12(17)6-4-11)19(2)16(21)14-9-13(20)7-8-15(14)18/h3-10,20H,18H2,1-2H3. The van der Waals surface area contributed by atoms with E-state index in [-0.39, 0.29) is 17.7 Å². The zero-order valence-corrected chi connectivity index (χ0v) is 12.6. The molecule has 0 aromatic heterocycles. The third kappa shape index (κ3) is 3.28. The number of amides is 1. The number of aromatic hydroxyl groups is 1. The molecule has 2 aromatic carbocycles. The fourth-order valence-corrected chi connectivity index (χ4v) is 2.19. The smallest absolute Gasteiger partial charge is 0.256 e. The van der Waals surface area contributed by atoms with Crippen molar-refractivity contribution in [2.75, 3.05) is 12.8 Å². The topological polar surface area (TPSA) is 66.6 Å². The highest BCUT2D eigenvalue weighted by Crippen LogP contribution is 2.25. The Morgan fingerprint density at radius 2 is 1.86 bits per heavy atom. The lowest BCUT2D eigenvalue weighted by Gasteiger charge is -2.26. The minimum atomic E-state index is -0.245. The van der Waals surface area contributed by atoms with E-state index in [0.717, 1.165) is 5.56 Å². The third-order valence-electron chi connectivity index (χ3n) is 3.52. The predicted octanol–water partition coefficient (Wildman–Crippen LogP) is 3.46. The number of nitrogen functional groups attached to an aromatic ring is 1. The molecule has 1 amide bonds. The van der Waals surface area contributed by atoms with Crippen LogP contribution in [0.25, 0.3) is 0 Å². The van der Waals surface area contributed by atoms with Gasteiger partial charge < -0.3 is 15.7 Å². The Kier molecular flexibility index (Phi) is 4.38. The summed E-state index contributed by atoms with van der Waals surface area (Å²) in [5, 5.41) is 10.2. The van der Waals surface area contributed by atoms with Crippen LogP contribution in [0.4, 0.5) is 5.69 Å². The normalized spacial score (nSPS) is 12.0. The van der Waals surface area contributed by atoms with Crippen LogP contribution in [-0.4, -0.2) is 23.0 Å². The lowest BCUT2D eigenvalue weighted by atomic mass is 10.1. The molecule has 0 bridgehead atoms. The van der Waals surface area contributed by atoms with Gasteiger partial charge >= 0.3 is 0 Å². The summed E-state index contributed by atoms with van der Waals surface area (Å²) in [7, 11) is 1.70. The van der Waals surface area contributed by atoms with Crippen LogP contribution in [0.3, 0.4) is 0 Å². The first-order valence-corrected chi connectivity index (χ1v) is 6.89. The molecule has 0 fully saturated rings. The summed E-state index contributed by atoms with van der Waals surface area (Å²) in [4.78, 5) is 14.1. The predicted molar refractivity (Wildman–Crippen MR) is 84.5 cm³/mol. The van der Waals surface area contributed by atoms with Crippen LogP contribution in [0, 0.1) is 0 Å². The molecule has 5 heteroatoms. The van der Waals surface area contributed by atoms with E-state index in [1.807, 2.05) is 19.1 Å². The monoisotopic (exact) mass is 304 g/mol. The Morgan fingerprint density at radius 1 is 1.24 bits per heavy atom. The molecule has 1 atom stereocenters. The Balaban J connectivity index is 2.26. The number of nitrogens with two attached hydrogens (primary N) is 1. The average Bonchev–Trinajstić information content (AvgIpc) is 2.48. The fraction of sp³-hybridized carbons (Fsp3) is 0.188. The molecule has 2 aromatic rings. The van der Waals surface area contributed by atoms with Gasteiger partial charge in [0.25, 0.3) is 5.91 Å². The Hall–Kier alpha value is -2.20. The first-order chi connectivity index (χ1) is 9.90. The van der Waals surface area contributed by atoms with Gasteiger partial charge in [-0.15, -0.1) is 0 Å². The summed E-state index contributed by atoms with van der Waals surface area (Å²) < 4.78 is 0. The average molecular weight is 305 g/mol. The van der Waals surface area contributed by atoms with Gasteiger partial charge in [0.1, 0.15) is 5.75 Å². The minimum absolute atomic E-state index is 0.0140. The molecule has 0 aliphatic heterocycles. The highest BCUT2D eigenvalue weighted by atomic mass is 35.5. The maximum atomic E-state index is 12.5. The van der Waals surface area contributed by atoms with Crippen molar-refractivity contribution in [3.05, 3.63) is 58.6 Å². The second-order valence-electron chi connectivity index (χ2n) is 4.92. The van der Waals surface area contributed by atoms with Crippen LogP contribution in [0.1, 0.15) is 28.9 Å². The number of hydrogen-bond donors (Lipinski definition) is 2. The Labute approximate surface area is 128 Å². The van der Waals surface area contributed by atoms with Crippen LogP contribution in [-0.2, 0) is 0 Å². The molecule has 1 unspecified atom stereocenters. The van der Waals surface area contributed by atoms with E-state index in [4.69, 9.17) is 17.3 Å². The summed E-state index contributed by atoms with van der Waals surface area (Å²) in [5.74, 6) is -0.231. The van der Waals surface area contributed by atoms with Gasteiger partial charge in [0.15, 0.2) is 0 Å². The van der Waals surface area contributed by atoms with Crippen molar-refractivity contribution in [3.63, 3.8) is 0 Å². The van der Waals surface area contributed by atoms with E-state index >= 15 is 0 Å². The van der Waals surface area contributed by atoms with Crippen LogP contribution in [0.15, 0.2) is 42.5 Å². The van der Waals surface area contributed by atoms with Crippen LogP contribution in [0.5, 0.6) is 5.75 Å². The molecular weight excluding hydrogens is 288 g/mol. The van der Waals surface area contributed by atoms with Crippen molar-refractivity contribution < 1.29 is 9.90 Å².